The lowest BCUT2D eigenvalue weighted by Crippen LogP contribution is -2.43. The van der Waals surface area contributed by atoms with E-state index in [-0.39, 0.29) is 5.54 Å². The molecule has 2 saturated heterocycles. The minimum absolute atomic E-state index is 0.204. The van der Waals surface area contributed by atoms with E-state index in [1.54, 1.807) is 6.33 Å². The summed E-state index contributed by atoms with van der Waals surface area (Å²) in [5, 5.41) is 7.30. The Balaban J connectivity index is 1.46. The van der Waals surface area contributed by atoms with E-state index in [0.717, 1.165) is 36.7 Å². The summed E-state index contributed by atoms with van der Waals surface area (Å²) in [4.78, 5) is 15.6. The summed E-state index contributed by atoms with van der Waals surface area (Å²) in [6.45, 7) is 2.81. The lowest BCUT2D eigenvalue weighted by molar-refractivity contribution is 0.181. The smallest absolute Gasteiger partial charge is 0.252 e. The number of aryl methyl sites for hydroxylation is 1. The van der Waals surface area contributed by atoms with Crippen LogP contribution < -0.4 is 10.2 Å². The third-order valence-corrected chi connectivity index (χ3v) is 5.11. The second-order valence-electron chi connectivity index (χ2n) is 6.82. The van der Waals surface area contributed by atoms with Gasteiger partial charge in [-0.25, -0.2) is 9.97 Å². The molecule has 7 heteroatoms. The number of benzene rings is 1. The number of aromatic nitrogens is 4. The van der Waals surface area contributed by atoms with Crippen LogP contribution in [0, 0.1) is 12.8 Å². The molecule has 1 saturated carbocycles. The Bertz CT molecular complexity index is 903. The zero-order chi connectivity index (χ0) is 16.9. The molecule has 126 valence electrons. The van der Waals surface area contributed by atoms with Crippen molar-refractivity contribution in [2.45, 2.75) is 25.3 Å². The van der Waals surface area contributed by atoms with Crippen molar-refractivity contribution >= 4 is 17.3 Å². The number of fused-ring (bicyclic) bond motifs is 1. The quantitative estimate of drug-likeness (QED) is 0.785. The largest absolute Gasteiger partial charge is 0.341 e. The fourth-order valence-corrected chi connectivity index (χ4v) is 4.00. The van der Waals surface area contributed by atoms with Gasteiger partial charge in [-0.2, -0.15) is 4.98 Å². The number of nitrogens with one attached hydrogen (secondary N) is 1. The van der Waals surface area contributed by atoms with Crippen LogP contribution in [0.3, 0.4) is 0 Å². The van der Waals surface area contributed by atoms with Gasteiger partial charge in [-0.15, -0.1) is 0 Å². The number of anilines is 3. The Morgan fingerprint density at radius 3 is 2.80 bits per heavy atom. The van der Waals surface area contributed by atoms with E-state index in [2.05, 4.69) is 30.3 Å². The predicted octanol–water partition coefficient (Wildman–Crippen LogP) is 3.04. The van der Waals surface area contributed by atoms with Gasteiger partial charge in [0.2, 0.25) is 0 Å². The molecule has 0 amide bonds. The van der Waals surface area contributed by atoms with E-state index in [4.69, 9.17) is 4.52 Å². The maximum Gasteiger partial charge on any atom is 0.252 e. The maximum absolute atomic E-state index is 5.50. The van der Waals surface area contributed by atoms with Crippen molar-refractivity contribution < 1.29 is 4.52 Å². The van der Waals surface area contributed by atoms with E-state index in [1.807, 2.05) is 43.3 Å². The number of nitrogens with zero attached hydrogens (tertiary/aromatic N) is 5. The topological polar surface area (TPSA) is 80.0 Å². The van der Waals surface area contributed by atoms with Gasteiger partial charge in [0.15, 0.2) is 5.82 Å². The minimum Gasteiger partial charge on any atom is -0.341 e. The highest BCUT2D eigenvalue weighted by atomic mass is 16.5. The Hall–Kier alpha value is -2.96. The van der Waals surface area contributed by atoms with Crippen LogP contribution in [0.2, 0.25) is 0 Å². The SMILES string of the molecule is Cc1noc(C23CC(CN2c2cc(Nc4ccccc4)ncn2)C3)n1. The van der Waals surface area contributed by atoms with E-state index in [9.17, 15) is 0 Å². The van der Waals surface area contributed by atoms with Gasteiger partial charge in [0, 0.05) is 18.3 Å². The van der Waals surface area contributed by atoms with Gasteiger partial charge < -0.3 is 14.7 Å². The molecule has 4 heterocycles. The Morgan fingerprint density at radius 2 is 2.04 bits per heavy atom. The van der Waals surface area contributed by atoms with Gasteiger partial charge in [0.05, 0.1) is 0 Å². The molecule has 0 unspecified atom stereocenters. The maximum atomic E-state index is 5.50. The van der Waals surface area contributed by atoms with Gasteiger partial charge in [-0.05, 0) is 37.8 Å². The highest BCUT2D eigenvalue weighted by Gasteiger charge is 2.61. The first-order valence-electron chi connectivity index (χ1n) is 8.45. The average molecular weight is 334 g/mol. The molecule has 1 aromatic carbocycles. The summed E-state index contributed by atoms with van der Waals surface area (Å²) in [6.07, 6.45) is 3.68. The van der Waals surface area contributed by atoms with Crippen molar-refractivity contribution in [2.75, 3.05) is 16.8 Å². The van der Waals surface area contributed by atoms with Crippen molar-refractivity contribution in [1.29, 1.82) is 0 Å². The average Bonchev–Trinajstić information content (AvgIpc) is 3.28. The Labute approximate surface area is 145 Å². The van der Waals surface area contributed by atoms with E-state index < -0.39 is 0 Å². The summed E-state index contributed by atoms with van der Waals surface area (Å²) >= 11 is 0. The second-order valence-corrected chi connectivity index (χ2v) is 6.82. The molecule has 7 nitrogen and oxygen atoms in total. The van der Waals surface area contributed by atoms with Crippen LogP contribution in [0.15, 0.2) is 47.2 Å². The number of rotatable bonds is 4. The third kappa shape index (κ3) is 2.26. The third-order valence-electron chi connectivity index (χ3n) is 5.11. The van der Waals surface area contributed by atoms with Crippen molar-refractivity contribution in [3.8, 4) is 0 Å². The van der Waals surface area contributed by atoms with Crippen molar-refractivity contribution in [2.24, 2.45) is 5.92 Å². The molecule has 2 bridgehead atoms. The standard InChI is InChI=1S/C18H18N6O/c1-12-21-17(25-23-12)18-8-13(9-18)10-24(18)16-7-15(19-11-20-16)22-14-5-3-2-4-6-14/h2-7,11,13H,8-10H2,1H3,(H,19,20,22). The van der Waals surface area contributed by atoms with Crippen molar-refractivity contribution in [3.05, 3.63) is 54.4 Å². The van der Waals surface area contributed by atoms with Crippen LogP contribution in [-0.4, -0.2) is 26.7 Å². The summed E-state index contributed by atoms with van der Waals surface area (Å²) in [5.74, 6) is 3.71. The highest BCUT2D eigenvalue weighted by molar-refractivity contribution is 5.60. The molecule has 3 aromatic rings. The van der Waals surface area contributed by atoms with E-state index in [0.29, 0.717) is 17.6 Å². The van der Waals surface area contributed by atoms with Gasteiger partial charge in [0.25, 0.3) is 5.89 Å². The van der Waals surface area contributed by atoms with Crippen molar-refractivity contribution in [3.63, 3.8) is 0 Å². The highest BCUT2D eigenvalue weighted by Crippen LogP contribution is 2.57. The second kappa shape index (κ2) is 5.27. The Morgan fingerprint density at radius 1 is 1.20 bits per heavy atom. The molecule has 0 spiro atoms. The molecule has 25 heavy (non-hydrogen) atoms. The van der Waals surface area contributed by atoms with Crippen LogP contribution in [-0.2, 0) is 5.54 Å². The lowest BCUT2D eigenvalue weighted by atomic mass is 9.73. The number of hydrogen-bond acceptors (Lipinski definition) is 7. The molecular formula is C18H18N6O. The normalized spacial score (nSPS) is 24.2. The predicted molar refractivity (Wildman–Crippen MR) is 92.5 cm³/mol. The van der Waals surface area contributed by atoms with Gasteiger partial charge >= 0.3 is 0 Å². The monoisotopic (exact) mass is 334 g/mol. The van der Waals surface area contributed by atoms with Gasteiger partial charge in [-0.1, -0.05) is 23.4 Å². The first-order chi connectivity index (χ1) is 12.2. The van der Waals surface area contributed by atoms with E-state index >= 15 is 0 Å². The number of hydrogen-bond donors (Lipinski definition) is 1. The molecular weight excluding hydrogens is 316 g/mol. The zero-order valence-corrected chi connectivity index (χ0v) is 13.9. The number of para-hydroxylation sites is 1. The molecule has 0 radical (unpaired) electrons. The summed E-state index contributed by atoms with van der Waals surface area (Å²) < 4.78 is 5.50. The van der Waals surface area contributed by atoms with Crippen LogP contribution in [0.1, 0.15) is 24.6 Å². The molecule has 3 aliphatic rings. The van der Waals surface area contributed by atoms with E-state index in [1.165, 1.54) is 0 Å². The fourth-order valence-electron chi connectivity index (χ4n) is 4.00. The molecule has 2 aliphatic heterocycles. The van der Waals surface area contributed by atoms with Crippen LogP contribution in [0.25, 0.3) is 0 Å². The molecule has 0 atom stereocenters. The fraction of sp³-hybridized carbons (Fsp3) is 0.333. The molecule has 3 fully saturated rings. The summed E-state index contributed by atoms with van der Waals surface area (Å²) in [6, 6.07) is 12.0. The van der Waals surface area contributed by atoms with Gasteiger partial charge in [-0.3, -0.25) is 0 Å². The first kappa shape index (κ1) is 14.4. The van der Waals surface area contributed by atoms with Crippen LogP contribution in [0.5, 0.6) is 0 Å². The summed E-state index contributed by atoms with van der Waals surface area (Å²) in [7, 11) is 0. The van der Waals surface area contributed by atoms with Gasteiger partial charge in [0.1, 0.15) is 23.5 Å². The summed E-state index contributed by atoms with van der Waals surface area (Å²) in [5.41, 5.74) is 0.796. The Kier molecular flexibility index (Phi) is 3.03. The first-order valence-corrected chi connectivity index (χ1v) is 8.45. The molecule has 6 rings (SSSR count). The van der Waals surface area contributed by atoms with Crippen LogP contribution in [0.4, 0.5) is 17.3 Å². The zero-order valence-electron chi connectivity index (χ0n) is 13.9. The van der Waals surface area contributed by atoms with Crippen molar-refractivity contribution in [1.82, 2.24) is 20.1 Å². The minimum atomic E-state index is -0.204. The molecule has 1 N–H and O–H groups in total. The lowest BCUT2D eigenvalue weighted by Gasteiger charge is -2.39. The molecule has 1 aliphatic carbocycles. The molecule has 2 aromatic heterocycles. The van der Waals surface area contributed by atoms with Crippen LogP contribution >= 0.6 is 0 Å².